The Bertz CT molecular complexity index is 385. The van der Waals surface area contributed by atoms with E-state index in [0.29, 0.717) is 25.1 Å². The summed E-state index contributed by atoms with van der Waals surface area (Å²) in [5.74, 6) is -0.597. The lowest BCUT2D eigenvalue weighted by molar-refractivity contribution is -0.121. The summed E-state index contributed by atoms with van der Waals surface area (Å²) < 4.78 is 18.3. The summed E-state index contributed by atoms with van der Waals surface area (Å²) >= 11 is 0. The Balaban J connectivity index is 2.48. The molecule has 0 aliphatic rings. The van der Waals surface area contributed by atoms with Gasteiger partial charge in [0.2, 0.25) is 5.91 Å². The molecule has 1 aromatic rings. The van der Waals surface area contributed by atoms with Crippen molar-refractivity contribution in [1.29, 1.82) is 0 Å². The standard InChI is InChI=1S/C13H19FN2O2/c1-18-7-6-11(9-15)16-13(17)8-10-4-2-3-5-12(10)14/h2-5,11H,6-9,15H2,1H3,(H,16,17). The van der Waals surface area contributed by atoms with Gasteiger partial charge in [0.15, 0.2) is 0 Å². The first-order valence-electron chi connectivity index (χ1n) is 5.89. The number of carbonyl (C=O) groups excluding carboxylic acids is 1. The van der Waals surface area contributed by atoms with Gasteiger partial charge in [0.25, 0.3) is 0 Å². The largest absolute Gasteiger partial charge is 0.385 e. The van der Waals surface area contributed by atoms with Crippen LogP contribution in [0, 0.1) is 5.82 Å². The van der Waals surface area contributed by atoms with Crippen LogP contribution in [0.2, 0.25) is 0 Å². The molecule has 1 rings (SSSR count). The highest BCUT2D eigenvalue weighted by atomic mass is 19.1. The van der Waals surface area contributed by atoms with Crippen LogP contribution < -0.4 is 11.1 Å². The van der Waals surface area contributed by atoms with Gasteiger partial charge in [-0.2, -0.15) is 0 Å². The van der Waals surface area contributed by atoms with Crippen LogP contribution in [0.25, 0.3) is 0 Å². The van der Waals surface area contributed by atoms with Crippen molar-refractivity contribution < 1.29 is 13.9 Å². The van der Waals surface area contributed by atoms with E-state index in [0.717, 1.165) is 0 Å². The van der Waals surface area contributed by atoms with Crippen LogP contribution in [0.5, 0.6) is 0 Å². The Morgan fingerprint density at radius 1 is 1.50 bits per heavy atom. The minimum atomic E-state index is -0.367. The van der Waals surface area contributed by atoms with Gasteiger partial charge >= 0.3 is 0 Å². The Morgan fingerprint density at radius 2 is 2.22 bits per heavy atom. The maximum atomic E-state index is 13.3. The van der Waals surface area contributed by atoms with Crippen molar-refractivity contribution in [3.05, 3.63) is 35.6 Å². The highest BCUT2D eigenvalue weighted by molar-refractivity contribution is 5.78. The lowest BCUT2D eigenvalue weighted by atomic mass is 10.1. The number of benzene rings is 1. The summed E-state index contributed by atoms with van der Waals surface area (Å²) in [6.45, 7) is 0.869. The first kappa shape index (κ1) is 14.6. The summed E-state index contributed by atoms with van der Waals surface area (Å²) in [6, 6.07) is 6.11. The van der Waals surface area contributed by atoms with Crippen LogP contribution in [0.15, 0.2) is 24.3 Å². The number of amides is 1. The zero-order chi connectivity index (χ0) is 13.4. The molecule has 1 atom stereocenters. The van der Waals surface area contributed by atoms with Gasteiger partial charge in [0, 0.05) is 26.3 Å². The molecule has 0 aliphatic heterocycles. The van der Waals surface area contributed by atoms with Crippen molar-refractivity contribution in [2.45, 2.75) is 18.9 Å². The molecular formula is C13H19FN2O2. The molecule has 4 nitrogen and oxygen atoms in total. The minimum Gasteiger partial charge on any atom is -0.385 e. The molecule has 0 radical (unpaired) electrons. The summed E-state index contributed by atoms with van der Waals surface area (Å²) in [4.78, 5) is 11.7. The van der Waals surface area contributed by atoms with Gasteiger partial charge in [0.05, 0.1) is 6.42 Å². The van der Waals surface area contributed by atoms with Gasteiger partial charge in [-0.3, -0.25) is 4.79 Å². The van der Waals surface area contributed by atoms with Gasteiger partial charge in [-0.1, -0.05) is 18.2 Å². The number of carbonyl (C=O) groups is 1. The minimum absolute atomic E-state index is 0.0240. The van der Waals surface area contributed by atoms with E-state index in [9.17, 15) is 9.18 Å². The third kappa shape index (κ3) is 4.81. The Labute approximate surface area is 106 Å². The average molecular weight is 254 g/mol. The fourth-order valence-electron chi connectivity index (χ4n) is 1.60. The number of hydrogen-bond acceptors (Lipinski definition) is 3. The molecule has 5 heteroatoms. The smallest absolute Gasteiger partial charge is 0.224 e. The number of nitrogens with two attached hydrogens (primary N) is 1. The zero-order valence-electron chi connectivity index (χ0n) is 10.5. The van der Waals surface area contributed by atoms with E-state index in [1.54, 1.807) is 25.3 Å². The second kappa shape index (κ2) is 7.79. The second-order valence-electron chi connectivity index (χ2n) is 4.05. The summed E-state index contributed by atoms with van der Waals surface area (Å²) in [6.07, 6.45) is 0.673. The quantitative estimate of drug-likeness (QED) is 0.758. The number of ether oxygens (including phenoxy) is 1. The summed E-state index contributed by atoms with van der Waals surface area (Å²) in [5.41, 5.74) is 5.93. The maximum Gasteiger partial charge on any atom is 0.224 e. The first-order chi connectivity index (χ1) is 8.67. The molecule has 0 saturated carbocycles. The number of methoxy groups -OCH3 is 1. The normalized spacial score (nSPS) is 12.2. The van der Waals surface area contributed by atoms with E-state index in [4.69, 9.17) is 10.5 Å². The van der Waals surface area contributed by atoms with Crippen LogP contribution in [0.3, 0.4) is 0 Å². The van der Waals surface area contributed by atoms with Crippen LogP contribution in [0.1, 0.15) is 12.0 Å². The number of halogens is 1. The molecule has 0 heterocycles. The van der Waals surface area contributed by atoms with Crippen molar-refractivity contribution in [2.75, 3.05) is 20.3 Å². The summed E-state index contributed by atoms with van der Waals surface area (Å²) in [5, 5.41) is 2.77. The van der Waals surface area contributed by atoms with Crippen LogP contribution in [0.4, 0.5) is 4.39 Å². The van der Waals surface area contributed by atoms with E-state index in [1.165, 1.54) is 6.07 Å². The van der Waals surface area contributed by atoms with Crippen molar-refractivity contribution in [3.8, 4) is 0 Å². The monoisotopic (exact) mass is 254 g/mol. The van der Waals surface area contributed by atoms with Crippen LogP contribution >= 0.6 is 0 Å². The highest BCUT2D eigenvalue weighted by Gasteiger charge is 2.12. The highest BCUT2D eigenvalue weighted by Crippen LogP contribution is 2.07. The topological polar surface area (TPSA) is 64.3 Å². The maximum absolute atomic E-state index is 13.3. The van der Waals surface area contributed by atoms with Crippen LogP contribution in [-0.4, -0.2) is 32.2 Å². The zero-order valence-corrected chi connectivity index (χ0v) is 10.5. The van der Waals surface area contributed by atoms with E-state index in [2.05, 4.69) is 5.32 Å². The Hall–Kier alpha value is -1.46. The molecule has 0 spiro atoms. The van der Waals surface area contributed by atoms with E-state index in [1.807, 2.05) is 0 Å². The van der Waals surface area contributed by atoms with Gasteiger partial charge in [0.1, 0.15) is 5.82 Å². The van der Waals surface area contributed by atoms with Crippen molar-refractivity contribution in [3.63, 3.8) is 0 Å². The number of nitrogens with one attached hydrogen (secondary N) is 1. The molecule has 0 bridgehead atoms. The van der Waals surface area contributed by atoms with Gasteiger partial charge in [-0.25, -0.2) is 4.39 Å². The first-order valence-corrected chi connectivity index (χ1v) is 5.89. The predicted octanol–water partition coefficient (Wildman–Crippen LogP) is 0.848. The number of hydrogen-bond donors (Lipinski definition) is 2. The van der Waals surface area contributed by atoms with E-state index >= 15 is 0 Å². The van der Waals surface area contributed by atoms with Crippen LogP contribution in [-0.2, 0) is 16.0 Å². The third-order valence-corrected chi connectivity index (χ3v) is 2.63. The molecule has 1 amide bonds. The van der Waals surface area contributed by atoms with Crippen molar-refractivity contribution in [2.24, 2.45) is 5.73 Å². The van der Waals surface area contributed by atoms with E-state index in [-0.39, 0.29) is 24.2 Å². The fourth-order valence-corrected chi connectivity index (χ4v) is 1.60. The molecule has 0 aliphatic carbocycles. The summed E-state index contributed by atoms with van der Waals surface area (Å²) in [7, 11) is 1.59. The predicted molar refractivity (Wildman–Crippen MR) is 67.6 cm³/mol. The third-order valence-electron chi connectivity index (χ3n) is 2.63. The molecular weight excluding hydrogens is 235 g/mol. The Morgan fingerprint density at radius 3 is 2.83 bits per heavy atom. The molecule has 1 aromatic carbocycles. The molecule has 3 N–H and O–H groups in total. The lowest BCUT2D eigenvalue weighted by Crippen LogP contribution is -2.41. The van der Waals surface area contributed by atoms with Crippen molar-refractivity contribution in [1.82, 2.24) is 5.32 Å². The molecule has 0 saturated heterocycles. The average Bonchev–Trinajstić information content (AvgIpc) is 2.37. The SMILES string of the molecule is COCCC(CN)NC(=O)Cc1ccccc1F. The van der Waals surface area contributed by atoms with E-state index < -0.39 is 0 Å². The number of rotatable bonds is 7. The second-order valence-corrected chi connectivity index (χ2v) is 4.05. The van der Waals surface area contributed by atoms with Gasteiger partial charge < -0.3 is 15.8 Å². The fraction of sp³-hybridized carbons (Fsp3) is 0.462. The van der Waals surface area contributed by atoms with Gasteiger partial charge in [-0.05, 0) is 18.1 Å². The molecule has 0 fully saturated rings. The molecule has 100 valence electrons. The lowest BCUT2D eigenvalue weighted by Gasteiger charge is -2.16. The van der Waals surface area contributed by atoms with Gasteiger partial charge in [-0.15, -0.1) is 0 Å². The Kier molecular flexibility index (Phi) is 6.32. The molecule has 1 unspecified atom stereocenters. The molecule has 18 heavy (non-hydrogen) atoms. The molecule has 0 aromatic heterocycles. The van der Waals surface area contributed by atoms with Crippen molar-refractivity contribution >= 4 is 5.91 Å².